The van der Waals surface area contributed by atoms with Gasteiger partial charge in [-0.25, -0.2) is 9.67 Å². The summed E-state index contributed by atoms with van der Waals surface area (Å²) in [5, 5.41) is 26.2. The fourth-order valence-electron chi connectivity index (χ4n) is 2.05. The molecule has 0 fully saturated rings. The van der Waals surface area contributed by atoms with Gasteiger partial charge in [-0.3, -0.25) is 0 Å². The molecular formula is C14H13N9. The highest BCUT2D eigenvalue weighted by Crippen LogP contribution is 2.21. The molecule has 0 amide bonds. The van der Waals surface area contributed by atoms with Gasteiger partial charge in [-0.2, -0.15) is 10.2 Å². The first-order valence-corrected chi connectivity index (χ1v) is 6.77. The molecule has 3 aromatic rings. The quantitative estimate of drug-likeness (QED) is 0.743. The Hall–Kier alpha value is -3.54. The number of aromatic nitrogens is 6. The molecule has 0 atom stereocenters. The monoisotopic (exact) mass is 307 g/mol. The first-order valence-electron chi connectivity index (χ1n) is 6.77. The summed E-state index contributed by atoms with van der Waals surface area (Å²) in [5.74, 6) is 0.859. The standard InChI is InChI=1S/C14H13N9/c1-9-3-4-11(5-12(9)23-8-18-21-22-23)19-14-17-7-10(6-15)13(16-2)20-14/h3-5,7-8H,1-2H3,(H2,16,17,19,20). The second-order valence-corrected chi connectivity index (χ2v) is 4.70. The maximum atomic E-state index is 8.99. The number of anilines is 3. The number of nitriles is 1. The van der Waals surface area contributed by atoms with Crippen LogP contribution in [-0.4, -0.2) is 37.2 Å². The van der Waals surface area contributed by atoms with E-state index in [2.05, 4.69) is 36.1 Å². The summed E-state index contributed by atoms with van der Waals surface area (Å²) in [5.41, 5.74) is 3.05. The van der Waals surface area contributed by atoms with E-state index < -0.39 is 0 Å². The molecule has 0 saturated carbocycles. The van der Waals surface area contributed by atoms with Gasteiger partial charge in [-0.05, 0) is 35.0 Å². The van der Waals surface area contributed by atoms with Crippen molar-refractivity contribution < 1.29 is 0 Å². The number of tetrazole rings is 1. The summed E-state index contributed by atoms with van der Waals surface area (Å²) < 4.78 is 1.58. The molecule has 1 aromatic carbocycles. The highest BCUT2D eigenvalue weighted by atomic mass is 15.5. The average Bonchev–Trinajstić information content (AvgIpc) is 3.10. The fourth-order valence-corrected chi connectivity index (χ4v) is 2.05. The van der Waals surface area contributed by atoms with Crippen molar-refractivity contribution >= 4 is 17.5 Å². The van der Waals surface area contributed by atoms with E-state index in [-0.39, 0.29) is 0 Å². The van der Waals surface area contributed by atoms with E-state index >= 15 is 0 Å². The van der Waals surface area contributed by atoms with Crippen LogP contribution in [0, 0.1) is 18.3 Å². The number of benzene rings is 1. The van der Waals surface area contributed by atoms with E-state index in [1.165, 1.54) is 12.5 Å². The van der Waals surface area contributed by atoms with Crippen molar-refractivity contribution in [2.24, 2.45) is 0 Å². The molecule has 2 aromatic heterocycles. The normalized spacial score (nSPS) is 10.1. The Morgan fingerprint density at radius 2 is 2.17 bits per heavy atom. The van der Waals surface area contributed by atoms with Gasteiger partial charge in [0.15, 0.2) is 0 Å². The molecule has 23 heavy (non-hydrogen) atoms. The molecule has 0 saturated heterocycles. The lowest BCUT2D eigenvalue weighted by molar-refractivity contribution is 0.785. The second-order valence-electron chi connectivity index (χ2n) is 4.70. The number of nitrogens with zero attached hydrogens (tertiary/aromatic N) is 7. The molecule has 0 bridgehead atoms. The van der Waals surface area contributed by atoms with Gasteiger partial charge < -0.3 is 10.6 Å². The molecule has 0 aliphatic heterocycles. The number of hydrogen-bond acceptors (Lipinski definition) is 8. The average molecular weight is 307 g/mol. The van der Waals surface area contributed by atoms with Gasteiger partial charge in [0.05, 0.1) is 11.9 Å². The van der Waals surface area contributed by atoms with Crippen LogP contribution in [0.15, 0.2) is 30.7 Å². The number of rotatable bonds is 4. The molecule has 3 rings (SSSR count). The van der Waals surface area contributed by atoms with Crippen molar-refractivity contribution in [2.45, 2.75) is 6.92 Å². The molecule has 9 heteroatoms. The molecule has 0 unspecified atom stereocenters. The zero-order chi connectivity index (χ0) is 16.2. The van der Waals surface area contributed by atoms with Crippen LogP contribution in [0.25, 0.3) is 5.69 Å². The van der Waals surface area contributed by atoms with Crippen LogP contribution in [-0.2, 0) is 0 Å². The first-order chi connectivity index (χ1) is 11.2. The molecule has 0 spiro atoms. The van der Waals surface area contributed by atoms with Crippen molar-refractivity contribution in [3.63, 3.8) is 0 Å². The van der Waals surface area contributed by atoms with Crippen LogP contribution in [0.3, 0.4) is 0 Å². The van der Waals surface area contributed by atoms with E-state index in [1.807, 2.05) is 31.2 Å². The lowest BCUT2D eigenvalue weighted by Crippen LogP contribution is -2.04. The maximum Gasteiger partial charge on any atom is 0.229 e. The second kappa shape index (κ2) is 6.07. The van der Waals surface area contributed by atoms with Crippen molar-refractivity contribution in [2.75, 3.05) is 17.7 Å². The third kappa shape index (κ3) is 2.91. The van der Waals surface area contributed by atoms with E-state index in [0.29, 0.717) is 17.3 Å². The Labute approximate surface area is 132 Å². The van der Waals surface area contributed by atoms with Gasteiger partial charge in [-0.15, -0.1) is 5.10 Å². The lowest BCUT2D eigenvalue weighted by Gasteiger charge is -2.10. The smallest absolute Gasteiger partial charge is 0.229 e. The summed E-state index contributed by atoms with van der Waals surface area (Å²) in [6.45, 7) is 1.97. The van der Waals surface area contributed by atoms with Crippen molar-refractivity contribution in [3.8, 4) is 11.8 Å². The highest BCUT2D eigenvalue weighted by Gasteiger charge is 2.08. The van der Waals surface area contributed by atoms with Crippen LogP contribution >= 0.6 is 0 Å². The van der Waals surface area contributed by atoms with Crippen molar-refractivity contribution in [1.29, 1.82) is 5.26 Å². The predicted octanol–water partition coefficient (Wildman–Crippen LogP) is 1.42. The van der Waals surface area contributed by atoms with Crippen LogP contribution in [0.5, 0.6) is 0 Å². The Morgan fingerprint density at radius 1 is 1.30 bits per heavy atom. The van der Waals surface area contributed by atoms with E-state index in [0.717, 1.165) is 16.9 Å². The minimum atomic E-state index is 0.385. The van der Waals surface area contributed by atoms with Crippen LogP contribution in [0.1, 0.15) is 11.1 Å². The van der Waals surface area contributed by atoms with Crippen LogP contribution in [0.4, 0.5) is 17.5 Å². The molecule has 2 N–H and O–H groups in total. The van der Waals surface area contributed by atoms with Gasteiger partial charge in [-0.1, -0.05) is 6.07 Å². The third-order valence-electron chi connectivity index (χ3n) is 3.21. The maximum absolute atomic E-state index is 8.99. The highest BCUT2D eigenvalue weighted by molar-refractivity contribution is 5.61. The Morgan fingerprint density at radius 3 is 2.87 bits per heavy atom. The van der Waals surface area contributed by atoms with Gasteiger partial charge in [0.1, 0.15) is 23.8 Å². The zero-order valence-electron chi connectivity index (χ0n) is 12.5. The molecule has 2 heterocycles. The number of nitrogens with one attached hydrogen (secondary N) is 2. The molecular weight excluding hydrogens is 294 g/mol. The van der Waals surface area contributed by atoms with Crippen molar-refractivity contribution in [1.82, 2.24) is 30.2 Å². The number of hydrogen-bond donors (Lipinski definition) is 2. The first kappa shape index (κ1) is 14.4. The molecule has 0 radical (unpaired) electrons. The van der Waals surface area contributed by atoms with Crippen molar-refractivity contribution in [3.05, 3.63) is 41.9 Å². The minimum Gasteiger partial charge on any atom is -0.372 e. The van der Waals surface area contributed by atoms with Gasteiger partial charge >= 0.3 is 0 Å². The van der Waals surface area contributed by atoms with Gasteiger partial charge in [0, 0.05) is 12.7 Å². The molecule has 114 valence electrons. The zero-order valence-corrected chi connectivity index (χ0v) is 12.5. The third-order valence-corrected chi connectivity index (χ3v) is 3.21. The van der Waals surface area contributed by atoms with E-state index in [4.69, 9.17) is 5.26 Å². The molecule has 0 aliphatic carbocycles. The lowest BCUT2D eigenvalue weighted by atomic mass is 10.2. The molecule has 0 aliphatic rings. The van der Waals surface area contributed by atoms with Gasteiger partial charge in [0.2, 0.25) is 5.95 Å². The number of aryl methyl sites for hydroxylation is 1. The van der Waals surface area contributed by atoms with E-state index in [1.54, 1.807) is 11.7 Å². The largest absolute Gasteiger partial charge is 0.372 e. The summed E-state index contributed by atoms with van der Waals surface area (Å²) in [6, 6.07) is 7.78. The summed E-state index contributed by atoms with van der Waals surface area (Å²) in [4.78, 5) is 8.41. The Bertz CT molecular complexity index is 864. The van der Waals surface area contributed by atoms with Gasteiger partial charge in [0.25, 0.3) is 0 Å². The fraction of sp³-hybridized carbons (Fsp3) is 0.143. The minimum absolute atomic E-state index is 0.385. The Balaban J connectivity index is 1.92. The Kier molecular flexibility index (Phi) is 3.80. The summed E-state index contributed by atoms with van der Waals surface area (Å²) >= 11 is 0. The summed E-state index contributed by atoms with van der Waals surface area (Å²) in [6.07, 6.45) is 3.00. The van der Waals surface area contributed by atoms with Crippen LogP contribution in [0.2, 0.25) is 0 Å². The van der Waals surface area contributed by atoms with Crippen LogP contribution < -0.4 is 10.6 Å². The van der Waals surface area contributed by atoms with E-state index in [9.17, 15) is 0 Å². The SMILES string of the molecule is CNc1nc(Nc2ccc(C)c(-n3cnnn3)c2)ncc1C#N. The predicted molar refractivity (Wildman–Crippen MR) is 83.5 cm³/mol. The topological polar surface area (TPSA) is 117 Å². The molecule has 9 nitrogen and oxygen atoms in total. The summed E-state index contributed by atoms with van der Waals surface area (Å²) in [7, 11) is 1.70.